The van der Waals surface area contributed by atoms with Crippen LogP contribution in [0, 0.1) is 10.1 Å². The van der Waals surface area contributed by atoms with E-state index < -0.39 is 10.8 Å². The lowest BCUT2D eigenvalue weighted by atomic mass is 10.1. The van der Waals surface area contributed by atoms with Crippen molar-refractivity contribution >= 4 is 23.2 Å². The number of hydrogen-bond donors (Lipinski definition) is 1. The van der Waals surface area contributed by atoms with Gasteiger partial charge in [-0.1, -0.05) is 0 Å². The number of nitrogens with one attached hydrogen (secondary N) is 1. The van der Waals surface area contributed by atoms with Gasteiger partial charge >= 0.3 is 0 Å². The van der Waals surface area contributed by atoms with Crippen LogP contribution in [0.1, 0.15) is 40.0 Å². The lowest BCUT2D eigenvalue weighted by Crippen LogP contribution is -2.36. The summed E-state index contributed by atoms with van der Waals surface area (Å²) < 4.78 is 10.6. The number of nitro groups is 1. The normalized spacial score (nSPS) is 13.5. The Labute approximate surface area is 173 Å². The molecule has 0 bridgehead atoms. The van der Waals surface area contributed by atoms with E-state index >= 15 is 0 Å². The second kappa shape index (κ2) is 9.25. The Hall–Kier alpha value is -3.62. The molecule has 9 nitrogen and oxygen atoms in total. The van der Waals surface area contributed by atoms with Crippen LogP contribution in [-0.2, 0) is 0 Å². The maximum Gasteiger partial charge on any atom is 0.269 e. The number of rotatable bonds is 6. The van der Waals surface area contributed by atoms with Crippen LogP contribution in [-0.4, -0.2) is 48.9 Å². The van der Waals surface area contributed by atoms with Gasteiger partial charge in [-0.15, -0.1) is 0 Å². The van der Waals surface area contributed by atoms with Gasteiger partial charge in [0.1, 0.15) is 0 Å². The van der Waals surface area contributed by atoms with Crippen LogP contribution >= 0.6 is 0 Å². The number of amides is 2. The summed E-state index contributed by atoms with van der Waals surface area (Å²) in [6, 6.07) is 8.33. The lowest BCUT2D eigenvalue weighted by molar-refractivity contribution is -0.384. The highest BCUT2D eigenvalue weighted by molar-refractivity contribution is 6.09. The van der Waals surface area contributed by atoms with E-state index in [2.05, 4.69) is 5.32 Å². The Kier molecular flexibility index (Phi) is 6.51. The van der Waals surface area contributed by atoms with Crippen molar-refractivity contribution in [3.8, 4) is 11.5 Å². The smallest absolute Gasteiger partial charge is 0.269 e. The summed E-state index contributed by atoms with van der Waals surface area (Å²) in [4.78, 5) is 37.9. The molecular weight excluding hydrogens is 390 g/mol. The van der Waals surface area contributed by atoms with Gasteiger partial charge in [0.25, 0.3) is 17.5 Å². The molecule has 0 saturated carbocycles. The van der Waals surface area contributed by atoms with Crippen molar-refractivity contribution in [2.75, 3.05) is 32.6 Å². The molecule has 30 heavy (non-hydrogen) atoms. The van der Waals surface area contributed by atoms with Crippen molar-refractivity contribution in [1.29, 1.82) is 0 Å². The molecule has 1 aliphatic rings. The first-order valence-corrected chi connectivity index (χ1v) is 9.55. The molecule has 2 amide bonds. The molecule has 9 heteroatoms. The fourth-order valence-electron chi connectivity index (χ4n) is 3.36. The molecule has 1 heterocycles. The molecule has 3 rings (SSSR count). The number of nitro benzene ring substituents is 1. The maximum absolute atomic E-state index is 13.1. The largest absolute Gasteiger partial charge is 0.493 e. The molecule has 1 saturated heterocycles. The van der Waals surface area contributed by atoms with Gasteiger partial charge in [-0.2, -0.15) is 0 Å². The van der Waals surface area contributed by atoms with Crippen molar-refractivity contribution in [1.82, 2.24) is 4.90 Å². The summed E-state index contributed by atoms with van der Waals surface area (Å²) in [5.74, 6) is 0.0531. The molecule has 0 aliphatic carbocycles. The molecule has 158 valence electrons. The summed E-state index contributed by atoms with van der Waals surface area (Å²) in [6.07, 6.45) is 2.95. The highest BCUT2D eigenvalue weighted by atomic mass is 16.6. The van der Waals surface area contributed by atoms with Crippen LogP contribution in [0.3, 0.4) is 0 Å². The third kappa shape index (κ3) is 4.51. The standard InChI is InChI=1S/C21H23N3O6/c1-29-18-12-16(21(26)23-10-4-3-5-11-23)17(13-19(18)30-2)22-20(25)14-6-8-15(9-7-14)24(27)28/h6-9,12-13H,3-5,10-11H2,1-2H3,(H,22,25). The molecule has 1 fully saturated rings. The van der Waals surface area contributed by atoms with Crippen LogP contribution in [0.2, 0.25) is 0 Å². The van der Waals surface area contributed by atoms with Gasteiger partial charge in [0.2, 0.25) is 0 Å². The van der Waals surface area contributed by atoms with Crippen LogP contribution in [0.25, 0.3) is 0 Å². The second-order valence-electron chi connectivity index (χ2n) is 6.86. The molecule has 2 aromatic rings. The average molecular weight is 413 g/mol. The number of carbonyl (C=O) groups excluding carboxylic acids is 2. The highest BCUT2D eigenvalue weighted by Gasteiger charge is 2.24. The van der Waals surface area contributed by atoms with Gasteiger partial charge in [0.15, 0.2) is 11.5 Å². The summed E-state index contributed by atoms with van der Waals surface area (Å²) in [5, 5.41) is 13.5. The zero-order valence-electron chi connectivity index (χ0n) is 16.8. The van der Waals surface area contributed by atoms with E-state index in [0.29, 0.717) is 30.2 Å². The van der Waals surface area contributed by atoms with Crippen molar-refractivity contribution in [3.05, 3.63) is 57.6 Å². The summed E-state index contributed by atoms with van der Waals surface area (Å²) >= 11 is 0. The molecule has 0 atom stereocenters. The first-order valence-electron chi connectivity index (χ1n) is 9.55. The Morgan fingerprint density at radius 2 is 1.60 bits per heavy atom. The van der Waals surface area contributed by atoms with Crippen molar-refractivity contribution < 1.29 is 24.0 Å². The minimum atomic E-state index is -0.536. The third-order valence-corrected chi connectivity index (χ3v) is 4.99. The molecule has 0 radical (unpaired) electrons. The number of ether oxygens (including phenoxy) is 2. The number of non-ortho nitro benzene ring substituents is 1. The minimum Gasteiger partial charge on any atom is -0.493 e. The zero-order chi connectivity index (χ0) is 21.7. The summed E-state index contributed by atoms with van der Waals surface area (Å²) in [7, 11) is 2.94. The van der Waals surface area contributed by atoms with E-state index in [1.807, 2.05) is 0 Å². The summed E-state index contributed by atoms with van der Waals surface area (Å²) in [5.41, 5.74) is 0.696. The van der Waals surface area contributed by atoms with E-state index in [-0.39, 0.29) is 22.8 Å². The summed E-state index contributed by atoms with van der Waals surface area (Å²) in [6.45, 7) is 1.31. The van der Waals surface area contributed by atoms with E-state index in [0.717, 1.165) is 19.3 Å². The first kappa shape index (κ1) is 21.1. The van der Waals surface area contributed by atoms with Crippen LogP contribution in [0.4, 0.5) is 11.4 Å². The van der Waals surface area contributed by atoms with Gasteiger partial charge in [0.05, 0.1) is 30.4 Å². The predicted octanol–water partition coefficient (Wildman–Crippen LogP) is 3.49. The average Bonchev–Trinajstić information content (AvgIpc) is 2.78. The molecule has 0 unspecified atom stereocenters. The minimum absolute atomic E-state index is 0.112. The number of likely N-dealkylation sites (tertiary alicyclic amines) is 1. The molecule has 0 spiro atoms. The van der Waals surface area contributed by atoms with E-state index in [1.54, 1.807) is 17.0 Å². The first-order chi connectivity index (χ1) is 14.4. The van der Waals surface area contributed by atoms with Crippen LogP contribution < -0.4 is 14.8 Å². The fourth-order valence-corrected chi connectivity index (χ4v) is 3.36. The Balaban J connectivity index is 1.93. The molecular formula is C21H23N3O6. The van der Waals surface area contributed by atoms with E-state index in [1.165, 1.54) is 38.5 Å². The SMILES string of the molecule is COc1cc(NC(=O)c2ccc([N+](=O)[O-])cc2)c(C(=O)N2CCCCC2)cc1OC. The number of methoxy groups -OCH3 is 2. The number of piperidine rings is 1. The monoisotopic (exact) mass is 413 g/mol. The highest BCUT2D eigenvalue weighted by Crippen LogP contribution is 2.34. The Morgan fingerprint density at radius 3 is 2.17 bits per heavy atom. The number of carbonyl (C=O) groups is 2. The molecule has 1 aliphatic heterocycles. The Morgan fingerprint density at radius 1 is 1.00 bits per heavy atom. The van der Waals surface area contributed by atoms with Gasteiger partial charge in [-0.3, -0.25) is 19.7 Å². The van der Waals surface area contributed by atoms with Crippen LogP contribution in [0.15, 0.2) is 36.4 Å². The number of benzene rings is 2. The van der Waals surface area contributed by atoms with E-state index in [9.17, 15) is 19.7 Å². The molecule has 1 N–H and O–H groups in total. The molecule has 2 aromatic carbocycles. The van der Waals surface area contributed by atoms with Gasteiger partial charge < -0.3 is 19.7 Å². The fraction of sp³-hybridized carbons (Fsp3) is 0.333. The molecule has 0 aromatic heterocycles. The second-order valence-corrected chi connectivity index (χ2v) is 6.86. The Bertz CT molecular complexity index is 952. The van der Waals surface area contributed by atoms with Gasteiger partial charge in [-0.05, 0) is 37.5 Å². The zero-order valence-corrected chi connectivity index (χ0v) is 16.8. The maximum atomic E-state index is 13.1. The topological polar surface area (TPSA) is 111 Å². The van der Waals surface area contributed by atoms with Crippen molar-refractivity contribution in [2.24, 2.45) is 0 Å². The lowest BCUT2D eigenvalue weighted by Gasteiger charge is -2.28. The van der Waals surface area contributed by atoms with Crippen molar-refractivity contribution in [2.45, 2.75) is 19.3 Å². The number of anilines is 1. The third-order valence-electron chi connectivity index (χ3n) is 4.99. The van der Waals surface area contributed by atoms with Crippen molar-refractivity contribution in [3.63, 3.8) is 0 Å². The number of hydrogen-bond acceptors (Lipinski definition) is 6. The van der Waals surface area contributed by atoms with Gasteiger partial charge in [0, 0.05) is 36.9 Å². The van der Waals surface area contributed by atoms with Crippen LogP contribution in [0.5, 0.6) is 11.5 Å². The quantitative estimate of drug-likeness (QED) is 0.573. The van der Waals surface area contributed by atoms with Gasteiger partial charge in [-0.25, -0.2) is 0 Å². The predicted molar refractivity (Wildman–Crippen MR) is 110 cm³/mol. The van der Waals surface area contributed by atoms with E-state index in [4.69, 9.17) is 9.47 Å². The number of nitrogens with zero attached hydrogens (tertiary/aromatic N) is 2.